The van der Waals surface area contributed by atoms with Crippen LogP contribution in [0, 0.1) is 0 Å². The van der Waals surface area contributed by atoms with Gasteiger partial charge in [0, 0.05) is 22.5 Å². The lowest BCUT2D eigenvalue weighted by Gasteiger charge is -1.98. The van der Waals surface area contributed by atoms with Crippen molar-refractivity contribution in [2.75, 3.05) is 6.61 Å². The van der Waals surface area contributed by atoms with Gasteiger partial charge in [0.2, 0.25) is 0 Å². The lowest BCUT2D eigenvalue weighted by atomic mass is 10.1. The van der Waals surface area contributed by atoms with Gasteiger partial charge < -0.3 is 10.1 Å². The highest BCUT2D eigenvalue weighted by Gasteiger charge is 2.06. The third kappa shape index (κ3) is 1.69. The molecule has 0 aliphatic carbocycles. The molecule has 0 spiro atoms. The largest absolute Gasteiger partial charge is 0.392 e. The average Bonchev–Trinajstić information content (AvgIpc) is 2.78. The predicted molar refractivity (Wildman–Crippen MR) is 74.3 cm³/mol. The van der Waals surface area contributed by atoms with E-state index in [0.29, 0.717) is 0 Å². The molecule has 0 aliphatic rings. The van der Waals surface area contributed by atoms with Gasteiger partial charge in [0.05, 0.1) is 17.8 Å². The standard InChI is InChI=1S/C15H14N2O/c1-10(9-18)8-14-15-12(6-7-16-14)11-4-2-3-5-13(11)17-15/h2-8,17-18H,9H2,1H3/b10-8+. The van der Waals surface area contributed by atoms with E-state index in [4.69, 9.17) is 5.11 Å². The number of benzene rings is 1. The SMILES string of the molecule is C/C(=C\c1nccc2c1[nH]c1ccccc12)CO. The first kappa shape index (κ1) is 11.0. The monoisotopic (exact) mass is 238 g/mol. The number of pyridine rings is 1. The Kier molecular flexibility index (Phi) is 2.61. The van der Waals surface area contributed by atoms with E-state index in [2.05, 4.69) is 22.1 Å². The first-order valence-electron chi connectivity index (χ1n) is 5.93. The molecule has 0 saturated heterocycles. The summed E-state index contributed by atoms with van der Waals surface area (Å²) in [7, 11) is 0. The van der Waals surface area contributed by atoms with Gasteiger partial charge in [-0.2, -0.15) is 0 Å². The Morgan fingerprint density at radius 3 is 2.94 bits per heavy atom. The molecule has 0 saturated carbocycles. The zero-order valence-electron chi connectivity index (χ0n) is 10.1. The van der Waals surface area contributed by atoms with Crippen LogP contribution in [0.4, 0.5) is 0 Å². The smallest absolute Gasteiger partial charge is 0.0871 e. The minimum atomic E-state index is 0.0539. The number of nitrogens with zero attached hydrogens (tertiary/aromatic N) is 1. The lowest BCUT2D eigenvalue weighted by Crippen LogP contribution is -1.87. The minimum absolute atomic E-state index is 0.0539. The Balaban J connectivity index is 2.34. The van der Waals surface area contributed by atoms with Gasteiger partial charge in [0.1, 0.15) is 0 Å². The molecule has 3 rings (SSSR count). The van der Waals surface area contributed by atoms with Crippen molar-refractivity contribution in [3.8, 4) is 0 Å². The second-order valence-electron chi connectivity index (χ2n) is 4.44. The van der Waals surface area contributed by atoms with Crippen molar-refractivity contribution >= 4 is 27.9 Å². The Morgan fingerprint density at radius 2 is 2.11 bits per heavy atom. The Hall–Kier alpha value is -2.13. The zero-order valence-corrected chi connectivity index (χ0v) is 10.1. The van der Waals surface area contributed by atoms with Gasteiger partial charge in [-0.25, -0.2) is 0 Å². The normalized spacial score (nSPS) is 12.4. The van der Waals surface area contributed by atoms with E-state index in [1.54, 1.807) is 6.20 Å². The van der Waals surface area contributed by atoms with Crippen molar-refractivity contribution < 1.29 is 5.11 Å². The van der Waals surface area contributed by atoms with E-state index < -0.39 is 0 Å². The highest BCUT2D eigenvalue weighted by Crippen LogP contribution is 2.27. The highest BCUT2D eigenvalue weighted by molar-refractivity contribution is 6.08. The summed E-state index contributed by atoms with van der Waals surface area (Å²) >= 11 is 0. The lowest BCUT2D eigenvalue weighted by molar-refractivity contribution is 0.332. The summed E-state index contributed by atoms with van der Waals surface area (Å²) in [6.45, 7) is 1.95. The number of fused-ring (bicyclic) bond motifs is 3. The van der Waals surface area contributed by atoms with Gasteiger partial charge in [-0.05, 0) is 30.7 Å². The molecule has 90 valence electrons. The van der Waals surface area contributed by atoms with Crippen LogP contribution in [0.1, 0.15) is 12.6 Å². The van der Waals surface area contributed by atoms with Gasteiger partial charge in [0.25, 0.3) is 0 Å². The van der Waals surface area contributed by atoms with Crippen molar-refractivity contribution in [2.45, 2.75) is 6.92 Å². The molecule has 2 heterocycles. The van der Waals surface area contributed by atoms with Crippen LogP contribution in [0.3, 0.4) is 0 Å². The number of aromatic nitrogens is 2. The number of rotatable bonds is 2. The van der Waals surface area contributed by atoms with E-state index in [9.17, 15) is 0 Å². The van der Waals surface area contributed by atoms with Gasteiger partial charge in [-0.1, -0.05) is 18.2 Å². The molecule has 18 heavy (non-hydrogen) atoms. The third-order valence-electron chi connectivity index (χ3n) is 3.09. The quantitative estimate of drug-likeness (QED) is 0.720. The number of H-pyrrole nitrogens is 1. The molecule has 2 N–H and O–H groups in total. The molecule has 3 aromatic rings. The number of aliphatic hydroxyl groups excluding tert-OH is 1. The van der Waals surface area contributed by atoms with E-state index in [1.807, 2.05) is 31.2 Å². The first-order valence-corrected chi connectivity index (χ1v) is 5.93. The second-order valence-corrected chi connectivity index (χ2v) is 4.44. The average molecular weight is 238 g/mol. The molecule has 0 aliphatic heterocycles. The molecule has 0 unspecified atom stereocenters. The fourth-order valence-electron chi connectivity index (χ4n) is 2.18. The number of para-hydroxylation sites is 1. The van der Waals surface area contributed by atoms with E-state index >= 15 is 0 Å². The minimum Gasteiger partial charge on any atom is -0.392 e. The van der Waals surface area contributed by atoms with Crippen LogP contribution in [0.15, 0.2) is 42.1 Å². The van der Waals surface area contributed by atoms with E-state index in [1.165, 1.54) is 5.39 Å². The zero-order chi connectivity index (χ0) is 12.5. The Bertz CT molecular complexity index is 740. The summed E-state index contributed by atoms with van der Waals surface area (Å²) in [4.78, 5) is 7.76. The summed E-state index contributed by atoms with van der Waals surface area (Å²) in [5.74, 6) is 0. The van der Waals surface area contributed by atoms with Gasteiger partial charge in [-0.3, -0.25) is 4.98 Å². The molecular weight excluding hydrogens is 224 g/mol. The summed E-state index contributed by atoms with van der Waals surface area (Å²) in [6.07, 6.45) is 3.72. The van der Waals surface area contributed by atoms with Crippen LogP contribution in [0.5, 0.6) is 0 Å². The topological polar surface area (TPSA) is 48.9 Å². The summed E-state index contributed by atoms with van der Waals surface area (Å²) in [5.41, 5.74) is 3.90. The van der Waals surface area contributed by atoms with Crippen LogP contribution < -0.4 is 0 Å². The molecule has 0 atom stereocenters. The van der Waals surface area contributed by atoms with Crippen molar-refractivity contribution in [3.05, 3.63) is 47.8 Å². The van der Waals surface area contributed by atoms with Crippen LogP contribution in [0.25, 0.3) is 27.9 Å². The summed E-state index contributed by atoms with van der Waals surface area (Å²) < 4.78 is 0. The summed E-state index contributed by atoms with van der Waals surface area (Å²) in [6, 6.07) is 10.2. The van der Waals surface area contributed by atoms with Crippen molar-refractivity contribution in [3.63, 3.8) is 0 Å². The van der Waals surface area contributed by atoms with Crippen molar-refractivity contribution in [2.24, 2.45) is 0 Å². The maximum Gasteiger partial charge on any atom is 0.0871 e. The molecule has 0 fully saturated rings. The number of hydrogen-bond acceptors (Lipinski definition) is 2. The Morgan fingerprint density at radius 1 is 1.28 bits per heavy atom. The fraction of sp³-hybridized carbons (Fsp3) is 0.133. The van der Waals surface area contributed by atoms with Gasteiger partial charge in [0.15, 0.2) is 0 Å². The maximum absolute atomic E-state index is 9.10. The van der Waals surface area contributed by atoms with E-state index in [0.717, 1.165) is 27.7 Å². The highest BCUT2D eigenvalue weighted by atomic mass is 16.3. The van der Waals surface area contributed by atoms with Crippen LogP contribution in [-0.2, 0) is 0 Å². The van der Waals surface area contributed by atoms with Crippen LogP contribution >= 0.6 is 0 Å². The van der Waals surface area contributed by atoms with E-state index in [-0.39, 0.29) is 6.61 Å². The Labute approximate surface area is 105 Å². The first-order chi connectivity index (χ1) is 8.79. The van der Waals surface area contributed by atoms with Crippen LogP contribution in [0.2, 0.25) is 0 Å². The molecule has 3 heteroatoms. The van der Waals surface area contributed by atoms with Crippen molar-refractivity contribution in [1.82, 2.24) is 9.97 Å². The molecule has 1 aromatic carbocycles. The molecule has 0 bridgehead atoms. The third-order valence-corrected chi connectivity index (χ3v) is 3.09. The second kappa shape index (κ2) is 4.27. The molecule has 0 amide bonds. The molecule has 3 nitrogen and oxygen atoms in total. The molecule has 0 radical (unpaired) electrons. The number of aromatic amines is 1. The number of aliphatic hydroxyl groups is 1. The van der Waals surface area contributed by atoms with Crippen LogP contribution in [-0.4, -0.2) is 21.7 Å². The number of hydrogen-bond donors (Lipinski definition) is 2. The summed E-state index contributed by atoms with van der Waals surface area (Å²) in [5, 5.41) is 11.5. The van der Waals surface area contributed by atoms with Crippen molar-refractivity contribution in [1.29, 1.82) is 0 Å². The predicted octanol–water partition coefficient (Wildman–Crippen LogP) is 3.11. The maximum atomic E-state index is 9.10. The van der Waals surface area contributed by atoms with Gasteiger partial charge >= 0.3 is 0 Å². The van der Waals surface area contributed by atoms with Gasteiger partial charge in [-0.15, -0.1) is 0 Å². The number of nitrogens with one attached hydrogen (secondary N) is 1. The molecule has 2 aromatic heterocycles. The molecular formula is C15H14N2O. The fourth-order valence-corrected chi connectivity index (χ4v) is 2.18.